The summed E-state index contributed by atoms with van der Waals surface area (Å²) in [5.74, 6) is 0.467. The summed E-state index contributed by atoms with van der Waals surface area (Å²) in [6.45, 7) is 8.58. The Bertz CT molecular complexity index is 730. The van der Waals surface area contributed by atoms with Crippen molar-refractivity contribution in [2.75, 3.05) is 26.4 Å². The van der Waals surface area contributed by atoms with Crippen LogP contribution in [0.1, 0.15) is 38.8 Å². The first-order valence-electron chi connectivity index (χ1n) is 9.47. The first-order chi connectivity index (χ1) is 13.2. The molecule has 0 bridgehead atoms. The van der Waals surface area contributed by atoms with Crippen molar-refractivity contribution in [2.45, 2.75) is 33.3 Å². The average Bonchev–Trinajstić information content (AvgIpc) is 2.67. The molecule has 0 aliphatic heterocycles. The highest BCUT2D eigenvalue weighted by molar-refractivity contribution is 5.75. The number of aliphatic hydroxyl groups is 1. The highest BCUT2D eigenvalue weighted by atomic mass is 16.6. The zero-order chi connectivity index (χ0) is 20.6. The van der Waals surface area contributed by atoms with E-state index in [1.807, 2.05) is 75.4 Å². The van der Waals surface area contributed by atoms with Crippen LogP contribution in [0.5, 0.6) is 5.75 Å². The molecule has 5 nitrogen and oxygen atoms in total. The molecule has 5 heteroatoms. The van der Waals surface area contributed by atoms with Gasteiger partial charge in [0.25, 0.3) is 0 Å². The average molecular weight is 386 g/mol. The van der Waals surface area contributed by atoms with Gasteiger partial charge in [-0.25, -0.2) is 0 Å². The lowest BCUT2D eigenvalue weighted by Gasteiger charge is -2.24. The van der Waals surface area contributed by atoms with Crippen LogP contribution < -0.4 is 4.74 Å². The summed E-state index contributed by atoms with van der Waals surface area (Å²) in [5, 5.41) is 10.8. The summed E-state index contributed by atoms with van der Waals surface area (Å²) >= 11 is 0. The second kappa shape index (κ2) is 9.71. The van der Waals surface area contributed by atoms with Crippen molar-refractivity contribution in [1.29, 1.82) is 0 Å². The summed E-state index contributed by atoms with van der Waals surface area (Å²) in [6.07, 6.45) is 0. The third-order valence-electron chi connectivity index (χ3n) is 4.32. The first-order valence-corrected chi connectivity index (χ1v) is 9.47. The SMILES string of the molecule is CC(C)(C)C(=O)OCCOCCOc1ccc(C(C)(O)c2ccccc2)cc1. The summed E-state index contributed by atoms with van der Waals surface area (Å²) < 4.78 is 16.2. The number of ether oxygens (including phenoxy) is 3. The number of carbonyl (C=O) groups excluding carboxylic acids is 1. The minimum absolute atomic E-state index is 0.235. The van der Waals surface area contributed by atoms with Crippen LogP contribution in [0.15, 0.2) is 54.6 Å². The number of hydrogen-bond donors (Lipinski definition) is 1. The third-order valence-corrected chi connectivity index (χ3v) is 4.32. The van der Waals surface area contributed by atoms with E-state index in [1.165, 1.54) is 0 Å². The highest BCUT2D eigenvalue weighted by Gasteiger charge is 2.25. The van der Waals surface area contributed by atoms with Crippen molar-refractivity contribution in [2.24, 2.45) is 5.41 Å². The van der Waals surface area contributed by atoms with E-state index in [-0.39, 0.29) is 12.6 Å². The zero-order valence-corrected chi connectivity index (χ0v) is 17.1. The van der Waals surface area contributed by atoms with Crippen molar-refractivity contribution in [3.63, 3.8) is 0 Å². The largest absolute Gasteiger partial charge is 0.491 e. The second-order valence-electron chi connectivity index (χ2n) is 7.81. The summed E-state index contributed by atoms with van der Waals surface area (Å²) in [6, 6.07) is 16.9. The van der Waals surface area contributed by atoms with Crippen LogP contribution in [0.3, 0.4) is 0 Å². The molecule has 0 heterocycles. The van der Waals surface area contributed by atoms with Crippen LogP contribution in [-0.4, -0.2) is 37.5 Å². The minimum Gasteiger partial charge on any atom is -0.491 e. The van der Waals surface area contributed by atoms with Gasteiger partial charge in [0.2, 0.25) is 0 Å². The van der Waals surface area contributed by atoms with Gasteiger partial charge < -0.3 is 19.3 Å². The molecular formula is C23H30O5. The topological polar surface area (TPSA) is 65.0 Å². The Morgan fingerprint density at radius 3 is 2.00 bits per heavy atom. The number of carbonyl (C=O) groups is 1. The Hall–Kier alpha value is -2.37. The van der Waals surface area contributed by atoms with Crippen molar-refractivity contribution >= 4 is 5.97 Å². The molecule has 2 aromatic rings. The van der Waals surface area contributed by atoms with Gasteiger partial charge in [0, 0.05) is 0 Å². The van der Waals surface area contributed by atoms with E-state index in [2.05, 4.69) is 0 Å². The summed E-state index contributed by atoms with van der Waals surface area (Å²) in [4.78, 5) is 11.6. The molecule has 0 radical (unpaired) electrons. The van der Waals surface area contributed by atoms with Crippen LogP contribution in [0.25, 0.3) is 0 Å². The van der Waals surface area contributed by atoms with Crippen molar-refractivity contribution in [3.05, 3.63) is 65.7 Å². The van der Waals surface area contributed by atoms with Crippen molar-refractivity contribution in [1.82, 2.24) is 0 Å². The third kappa shape index (κ3) is 6.36. The fraction of sp³-hybridized carbons (Fsp3) is 0.435. The normalized spacial score (nSPS) is 13.6. The maximum atomic E-state index is 11.6. The van der Waals surface area contributed by atoms with Gasteiger partial charge in [0.05, 0.1) is 18.6 Å². The van der Waals surface area contributed by atoms with Crippen LogP contribution in [0.4, 0.5) is 0 Å². The molecule has 1 atom stereocenters. The van der Waals surface area contributed by atoms with Gasteiger partial charge in [-0.05, 0) is 51.0 Å². The molecule has 0 saturated heterocycles. The van der Waals surface area contributed by atoms with E-state index in [4.69, 9.17) is 14.2 Å². The van der Waals surface area contributed by atoms with Crippen LogP contribution in [0.2, 0.25) is 0 Å². The van der Waals surface area contributed by atoms with Gasteiger partial charge in [-0.15, -0.1) is 0 Å². The molecule has 0 aromatic heterocycles. The minimum atomic E-state index is -1.06. The standard InChI is InChI=1S/C23H30O5/c1-22(2,3)21(24)28-17-15-26-14-16-27-20-12-10-19(11-13-20)23(4,25)18-8-6-5-7-9-18/h5-13,25H,14-17H2,1-4H3. The van der Waals surface area contributed by atoms with Gasteiger partial charge >= 0.3 is 5.97 Å². The lowest BCUT2D eigenvalue weighted by Crippen LogP contribution is -2.24. The Morgan fingerprint density at radius 2 is 1.39 bits per heavy atom. The van der Waals surface area contributed by atoms with E-state index in [9.17, 15) is 9.90 Å². The van der Waals surface area contributed by atoms with E-state index < -0.39 is 11.0 Å². The van der Waals surface area contributed by atoms with Gasteiger partial charge in [0.15, 0.2) is 0 Å². The van der Waals surface area contributed by atoms with E-state index in [0.29, 0.717) is 25.6 Å². The number of benzene rings is 2. The molecule has 1 unspecified atom stereocenters. The molecule has 2 aromatic carbocycles. The van der Waals surface area contributed by atoms with Gasteiger partial charge in [0.1, 0.15) is 24.6 Å². The fourth-order valence-corrected chi connectivity index (χ4v) is 2.54. The monoisotopic (exact) mass is 386 g/mol. The number of esters is 1. The van der Waals surface area contributed by atoms with Crippen LogP contribution in [-0.2, 0) is 19.9 Å². The predicted octanol–water partition coefficient (Wildman–Crippen LogP) is 3.93. The molecule has 28 heavy (non-hydrogen) atoms. The van der Waals surface area contributed by atoms with Crippen molar-refractivity contribution < 1.29 is 24.1 Å². The molecular weight excluding hydrogens is 356 g/mol. The Morgan fingerprint density at radius 1 is 0.821 bits per heavy atom. The first kappa shape index (κ1) is 21.9. The molecule has 0 aliphatic rings. The summed E-state index contributed by atoms with van der Waals surface area (Å²) in [5.41, 5.74) is 0.0700. The van der Waals surface area contributed by atoms with Crippen LogP contribution >= 0.6 is 0 Å². The zero-order valence-electron chi connectivity index (χ0n) is 17.1. The molecule has 2 rings (SSSR count). The Labute approximate surface area is 167 Å². The fourth-order valence-electron chi connectivity index (χ4n) is 2.54. The maximum absolute atomic E-state index is 11.6. The van der Waals surface area contributed by atoms with E-state index in [0.717, 1.165) is 11.1 Å². The van der Waals surface area contributed by atoms with E-state index in [1.54, 1.807) is 6.92 Å². The molecule has 0 saturated carbocycles. The molecule has 0 aliphatic carbocycles. The molecule has 1 N–H and O–H groups in total. The number of rotatable bonds is 9. The van der Waals surface area contributed by atoms with Gasteiger partial charge in [-0.3, -0.25) is 4.79 Å². The van der Waals surface area contributed by atoms with Gasteiger partial charge in [-0.1, -0.05) is 42.5 Å². The van der Waals surface area contributed by atoms with Crippen molar-refractivity contribution in [3.8, 4) is 5.75 Å². The lowest BCUT2D eigenvalue weighted by molar-refractivity contribution is -0.154. The molecule has 0 fully saturated rings. The number of hydrogen-bond acceptors (Lipinski definition) is 5. The Balaban J connectivity index is 1.71. The summed E-state index contributed by atoms with van der Waals surface area (Å²) in [7, 11) is 0. The second-order valence-corrected chi connectivity index (χ2v) is 7.81. The maximum Gasteiger partial charge on any atom is 0.311 e. The molecule has 152 valence electrons. The smallest absolute Gasteiger partial charge is 0.311 e. The lowest BCUT2D eigenvalue weighted by atomic mass is 9.88. The van der Waals surface area contributed by atoms with Crippen LogP contribution in [0, 0.1) is 5.41 Å². The molecule has 0 spiro atoms. The highest BCUT2D eigenvalue weighted by Crippen LogP contribution is 2.30. The van der Waals surface area contributed by atoms with E-state index >= 15 is 0 Å². The molecule has 0 amide bonds. The predicted molar refractivity (Wildman–Crippen MR) is 108 cm³/mol. The van der Waals surface area contributed by atoms with Gasteiger partial charge in [-0.2, -0.15) is 0 Å². The Kier molecular flexibility index (Phi) is 7.61. The quantitative estimate of drug-likeness (QED) is 0.523.